The van der Waals surface area contributed by atoms with Crippen LogP contribution in [-0.4, -0.2) is 5.78 Å². The molecule has 0 atom stereocenters. The van der Waals surface area contributed by atoms with Crippen LogP contribution >= 0.6 is 0 Å². The van der Waals surface area contributed by atoms with Crippen LogP contribution in [0.15, 0.2) is 23.3 Å². The predicted molar refractivity (Wildman–Crippen MR) is 46.4 cm³/mol. The van der Waals surface area contributed by atoms with Crippen LogP contribution in [0.25, 0.3) is 0 Å². The number of Topliss-reactive ketones (excluding diaryl/α,β-unsaturated/α-hetero) is 1. The van der Waals surface area contributed by atoms with E-state index in [1.807, 2.05) is 0 Å². The van der Waals surface area contributed by atoms with Crippen LogP contribution in [0, 0.1) is 0 Å². The van der Waals surface area contributed by atoms with Crippen molar-refractivity contribution in [1.82, 2.24) is 0 Å². The molecule has 0 amide bonds. The normalized spacial score (nSPS) is 18.4. The summed E-state index contributed by atoms with van der Waals surface area (Å²) in [6.07, 6.45) is 7.21. The summed E-state index contributed by atoms with van der Waals surface area (Å²) >= 11 is 0. The van der Waals surface area contributed by atoms with Crippen molar-refractivity contribution in [2.24, 2.45) is 0 Å². The second kappa shape index (κ2) is 3.51. The Bertz CT molecular complexity index is 221. The molecule has 1 aliphatic carbocycles. The third-order valence-electron chi connectivity index (χ3n) is 2.11. The standard InChI is InChI=1S/C10H14O/c1-8-6-4-3-5-7-10(8)9(2)11/h3,5H,4,6-7H2,1-2H3. The van der Waals surface area contributed by atoms with Crippen molar-refractivity contribution in [2.75, 3.05) is 0 Å². The Morgan fingerprint density at radius 3 is 2.82 bits per heavy atom. The minimum absolute atomic E-state index is 0.231. The van der Waals surface area contributed by atoms with Crippen molar-refractivity contribution in [2.45, 2.75) is 33.1 Å². The summed E-state index contributed by atoms with van der Waals surface area (Å²) in [6.45, 7) is 3.71. The molecule has 1 aliphatic rings. The van der Waals surface area contributed by atoms with Gasteiger partial charge in [0.05, 0.1) is 0 Å². The summed E-state index contributed by atoms with van der Waals surface area (Å²) < 4.78 is 0. The van der Waals surface area contributed by atoms with Crippen LogP contribution < -0.4 is 0 Å². The summed E-state index contributed by atoms with van der Waals surface area (Å²) in [6, 6.07) is 0. The van der Waals surface area contributed by atoms with E-state index in [2.05, 4.69) is 19.1 Å². The van der Waals surface area contributed by atoms with Crippen LogP contribution in [0.2, 0.25) is 0 Å². The Labute approximate surface area is 67.8 Å². The van der Waals surface area contributed by atoms with Crippen molar-refractivity contribution in [3.8, 4) is 0 Å². The molecule has 0 heterocycles. The first-order chi connectivity index (χ1) is 5.22. The second-order valence-corrected chi connectivity index (χ2v) is 3.03. The molecule has 0 N–H and O–H groups in total. The van der Waals surface area contributed by atoms with E-state index in [0.717, 1.165) is 24.8 Å². The fourth-order valence-electron chi connectivity index (χ4n) is 1.39. The molecule has 1 heteroatoms. The molecule has 0 aromatic heterocycles. The summed E-state index contributed by atoms with van der Waals surface area (Å²) in [5.41, 5.74) is 2.28. The average molecular weight is 150 g/mol. The van der Waals surface area contributed by atoms with Crippen LogP contribution in [0.3, 0.4) is 0 Å². The monoisotopic (exact) mass is 150 g/mol. The van der Waals surface area contributed by atoms with E-state index < -0.39 is 0 Å². The lowest BCUT2D eigenvalue weighted by atomic mass is 10.0. The van der Waals surface area contributed by atoms with Crippen molar-refractivity contribution in [3.05, 3.63) is 23.3 Å². The van der Waals surface area contributed by atoms with E-state index in [0.29, 0.717) is 0 Å². The second-order valence-electron chi connectivity index (χ2n) is 3.03. The van der Waals surface area contributed by atoms with E-state index >= 15 is 0 Å². The topological polar surface area (TPSA) is 17.1 Å². The highest BCUT2D eigenvalue weighted by Gasteiger charge is 2.07. The van der Waals surface area contributed by atoms with Gasteiger partial charge in [-0.2, -0.15) is 0 Å². The first-order valence-corrected chi connectivity index (χ1v) is 4.06. The van der Waals surface area contributed by atoms with Gasteiger partial charge in [0.15, 0.2) is 5.78 Å². The SMILES string of the molecule is CC(=O)C1=C(C)CCC=CC1. The molecule has 0 radical (unpaired) electrons. The van der Waals surface area contributed by atoms with Crippen molar-refractivity contribution in [3.63, 3.8) is 0 Å². The third-order valence-corrected chi connectivity index (χ3v) is 2.11. The lowest BCUT2D eigenvalue weighted by Gasteiger charge is -2.02. The molecule has 0 aliphatic heterocycles. The number of allylic oxidation sites excluding steroid dienone is 4. The molecule has 0 aromatic rings. The van der Waals surface area contributed by atoms with Gasteiger partial charge in [-0.25, -0.2) is 0 Å². The van der Waals surface area contributed by atoms with Gasteiger partial charge in [0, 0.05) is 0 Å². The van der Waals surface area contributed by atoms with E-state index in [-0.39, 0.29) is 5.78 Å². The highest BCUT2D eigenvalue weighted by Crippen LogP contribution is 2.19. The Balaban J connectivity index is 2.85. The quantitative estimate of drug-likeness (QED) is 0.525. The molecule has 60 valence electrons. The van der Waals surface area contributed by atoms with Gasteiger partial charge in [0.25, 0.3) is 0 Å². The van der Waals surface area contributed by atoms with Crippen molar-refractivity contribution < 1.29 is 4.79 Å². The molecule has 0 fully saturated rings. The maximum atomic E-state index is 11.1. The van der Waals surface area contributed by atoms with Gasteiger partial charge in [0.2, 0.25) is 0 Å². The lowest BCUT2D eigenvalue weighted by molar-refractivity contribution is -0.113. The highest BCUT2D eigenvalue weighted by molar-refractivity contribution is 5.94. The Kier molecular flexibility index (Phi) is 2.64. The van der Waals surface area contributed by atoms with Gasteiger partial charge in [-0.15, -0.1) is 0 Å². The predicted octanol–water partition coefficient (Wildman–Crippen LogP) is 2.63. The van der Waals surface area contributed by atoms with E-state index in [1.54, 1.807) is 6.92 Å². The zero-order valence-electron chi connectivity index (χ0n) is 7.18. The molecule has 11 heavy (non-hydrogen) atoms. The lowest BCUT2D eigenvalue weighted by Crippen LogP contribution is -1.97. The van der Waals surface area contributed by atoms with Crippen LogP contribution in [0.1, 0.15) is 33.1 Å². The Morgan fingerprint density at radius 2 is 2.18 bits per heavy atom. The molecule has 1 rings (SSSR count). The average Bonchev–Trinajstić information content (AvgIpc) is 2.13. The van der Waals surface area contributed by atoms with E-state index in [1.165, 1.54) is 5.57 Å². The summed E-state index contributed by atoms with van der Waals surface area (Å²) in [4.78, 5) is 11.1. The maximum Gasteiger partial charge on any atom is 0.156 e. The largest absolute Gasteiger partial charge is 0.295 e. The molecule has 0 saturated carbocycles. The molecular weight excluding hydrogens is 136 g/mol. The number of rotatable bonds is 1. The van der Waals surface area contributed by atoms with Crippen LogP contribution in [0.4, 0.5) is 0 Å². The minimum Gasteiger partial charge on any atom is -0.295 e. The molecule has 1 nitrogen and oxygen atoms in total. The Morgan fingerprint density at radius 1 is 1.45 bits per heavy atom. The van der Waals surface area contributed by atoms with Gasteiger partial charge >= 0.3 is 0 Å². The van der Waals surface area contributed by atoms with Crippen LogP contribution in [-0.2, 0) is 4.79 Å². The highest BCUT2D eigenvalue weighted by atomic mass is 16.1. The molecule has 0 unspecified atom stereocenters. The third kappa shape index (κ3) is 2.04. The first-order valence-electron chi connectivity index (χ1n) is 4.06. The Hall–Kier alpha value is -0.850. The van der Waals surface area contributed by atoms with Gasteiger partial charge in [-0.3, -0.25) is 4.79 Å². The summed E-state index contributed by atoms with van der Waals surface area (Å²) in [5.74, 6) is 0.231. The van der Waals surface area contributed by atoms with Crippen molar-refractivity contribution >= 4 is 5.78 Å². The van der Waals surface area contributed by atoms with E-state index in [4.69, 9.17) is 0 Å². The number of carbonyl (C=O) groups excluding carboxylic acids is 1. The zero-order valence-corrected chi connectivity index (χ0v) is 7.18. The smallest absolute Gasteiger partial charge is 0.156 e. The zero-order chi connectivity index (χ0) is 8.27. The van der Waals surface area contributed by atoms with Crippen molar-refractivity contribution in [1.29, 1.82) is 0 Å². The van der Waals surface area contributed by atoms with Gasteiger partial charge in [-0.1, -0.05) is 17.7 Å². The fraction of sp³-hybridized carbons (Fsp3) is 0.500. The van der Waals surface area contributed by atoms with E-state index in [9.17, 15) is 4.79 Å². The maximum absolute atomic E-state index is 11.1. The molecule has 0 bridgehead atoms. The summed E-state index contributed by atoms with van der Waals surface area (Å²) in [5, 5.41) is 0. The molecule has 0 aromatic carbocycles. The molecule has 0 saturated heterocycles. The van der Waals surface area contributed by atoms with Gasteiger partial charge in [0.1, 0.15) is 0 Å². The van der Waals surface area contributed by atoms with Gasteiger partial charge < -0.3 is 0 Å². The molecule has 0 spiro atoms. The van der Waals surface area contributed by atoms with Gasteiger partial charge in [-0.05, 0) is 38.7 Å². The number of ketones is 1. The minimum atomic E-state index is 0.231. The van der Waals surface area contributed by atoms with Crippen LogP contribution in [0.5, 0.6) is 0 Å². The first kappa shape index (κ1) is 8.25. The number of hydrogen-bond acceptors (Lipinski definition) is 1. The summed E-state index contributed by atoms with van der Waals surface area (Å²) in [7, 11) is 0. The fourth-order valence-corrected chi connectivity index (χ4v) is 1.39. The molecular formula is C10H14O. The number of hydrogen-bond donors (Lipinski definition) is 0. The number of carbonyl (C=O) groups is 1.